The van der Waals surface area contributed by atoms with Gasteiger partial charge in [0.25, 0.3) is 0 Å². The van der Waals surface area contributed by atoms with E-state index >= 15 is 0 Å². The Morgan fingerprint density at radius 1 is 1.32 bits per heavy atom. The third-order valence-corrected chi connectivity index (χ3v) is 5.85. The maximum Gasteiger partial charge on any atom is 0.409 e. The zero-order valence-electron chi connectivity index (χ0n) is 14.0. The Morgan fingerprint density at radius 2 is 2.08 bits per heavy atom. The molecule has 0 unspecified atom stereocenters. The van der Waals surface area contributed by atoms with Gasteiger partial charge in [-0.1, -0.05) is 12.1 Å². The number of nitrogens with zero attached hydrogens (tertiary/aromatic N) is 2. The van der Waals surface area contributed by atoms with Gasteiger partial charge in [0.2, 0.25) is 10.0 Å². The summed E-state index contributed by atoms with van der Waals surface area (Å²) in [4.78, 5) is 17.6. The predicted molar refractivity (Wildman–Crippen MR) is 93.7 cm³/mol. The second-order valence-electron chi connectivity index (χ2n) is 5.93. The van der Waals surface area contributed by atoms with Crippen molar-refractivity contribution < 1.29 is 17.9 Å². The van der Waals surface area contributed by atoms with Gasteiger partial charge in [0, 0.05) is 42.3 Å². The molecule has 0 bridgehead atoms. The van der Waals surface area contributed by atoms with Crippen LogP contribution in [0.25, 0.3) is 10.8 Å². The second kappa shape index (κ2) is 7.37. The Balaban J connectivity index is 1.71. The summed E-state index contributed by atoms with van der Waals surface area (Å²) in [6.45, 7) is 3.05. The number of ether oxygens (including phenoxy) is 1. The van der Waals surface area contributed by atoms with E-state index in [1.54, 1.807) is 42.4 Å². The molecule has 1 N–H and O–H groups in total. The Bertz CT molecular complexity index is 856. The summed E-state index contributed by atoms with van der Waals surface area (Å²) in [5, 5.41) is 1.43. The molecule has 3 rings (SSSR count). The van der Waals surface area contributed by atoms with Gasteiger partial charge in [-0.05, 0) is 31.9 Å². The molecule has 0 radical (unpaired) electrons. The highest BCUT2D eigenvalue weighted by Gasteiger charge is 2.27. The van der Waals surface area contributed by atoms with Gasteiger partial charge in [0.05, 0.1) is 11.5 Å². The number of fused-ring (bicyclic) bond motifs is 1. The zero-order chi connectivity index (χ0) is 17.9. The molecule has 0 spiro atoms. The first-order valence-electron chi connectivity index (χ1n) is 8.28. The van der Waals surface area contributed by atoms with E-state index < -0.39 is 10.0 Å². The average molecular weight is 363 g/mol. The number of pyridine rings is 1. The van der Waals surface area contributed by atoms with Gasteiger partial charge < -0.3 is 9.64 Å². The minimum absolute atomic E-state index is 0.201. The standard InChI is InChI=1S/C17H21N3O4S/c1-2-24-17(21)20-10-7-14(8-11-20)19-25(22,23)16-5-3-4-13-12-18-9-6-15(13)16/h3-6,9,12,14,19H,2,7-8,10-11H2,1H3. The number of amides is 1. The van der Waals surface area contributed by atoms with Crippen LogP contribution in [0.5, 0.6) is 0 Å². The molecule has 8 heteroatoms. The van der Waals surface area contributed by atoms with Crippen molar-refractivity contribution in [3.63, 3.8) is 0 Å². The van der Waals surface area contributed by atoms with Crippen LogP contribution in [0.4, 0.5) is 4.79 Å². The molecular weight excluding hydrogens is 342 g/mol. The lowest BCUT2D eigenvalue weighted by Gasteiger charge is -2.31. The Hall–Kier alpha value is -2.19. The quantitative estimate of drug-likeness (QED) is 0.899. The lowest BCUT2D eigenvalue weighted by Crippen LogP contribution is -2.46. The Kier molecular flexibility index (Phi) is 5.19. The smallest absolute Gasteiger partial charge is 0.409 e. The Labute approximate surface area is 147 Å². The predicted octanol–water partition coefficient (Wildman–Crippen LogP) is 2.13. The first kappa shape index (κ1) is 17.6. The number of piperidine rings is 1. The number of nitrogens with one attached hydrogen (secondary N) is 1. The van der Waals surface area contributed by atoms with E-state index in [0.29, 0.717) is 37.9 Å². The fourth-order valence-corrected chi connectivity index (χ4v) is 4.54. The van der Waals surface area contributed by atoms with Gasteiger partial charge in [-0.3, -0.25) is 4.98 Å². The van der Waals surface area contributed by atoms with Gasteiger partial charge in [-0.15, -0.1) is 0 Å². The number of carbonyl (C=O) groups excluding carboxylic acids is 1. The van der Waals surface area contributed by atoms with Crippen LogP contribution in [-0.2, 0) is 14.8 Å². The monoisotopic (exact) mass is 363 g/mol. The van der Waals surface area contributed by atoms with Crippen molar-refractivity contribution in [1.82, 2.24) is 14.6 Å². The van der Waals surface area contributed by atoms with Gasteiger partial charge >= 0.3 is 6.09 Å². The van der Waals surface area contributed by atoms with E-state index in [1.807, 2.05) is 6.07 Å². The third kappa shape index (κ3) is 3.91. The van der Waals surface area contributed by atoms with Crippen molar-refractivity contribution in [3.05, 3.63) is 36.7 Å². The van der Waals surface area contributed by atoms with E-state index in [0.717, 1.165) is 5.39 Å². The highest BCUT2D eigenvalue weighted by atomic mass is 32.2. The largest absolute Gasteiger partial charge is 0.450 e. The first-order valence-corrected chi connectivity index (χ1v) is 9.76. The average Bonchev–Trinajstić information content (AvgIpc) is 2.61. The molecule has 1 fully saturated rings. The fraction of sp³-hybridized carbons (Fsp3) is 0.412. The number of rotatable bonds is 4. The summed E-state index contributed by atoms with van der Waals surface area (Å²) in [7, 11) is -3.65. The van der Waals surface area contributed by atoms with Crippen molar-refractivity contribution in [1.29, 1.82) is 0 Å². The molecule has 1 aliphatic rings. The second-order valence-corrected chi connectivity index (χ2v) is 7.62. The topological polar surface area (TPSA) is 88.6 Å². The maximum absolute atomic E-state index is 12.8. The molecular formula is C17H21N3O4S. The van der Waals surface area contributed by atoms with Crippen LogP contribution in [0.15, 0.2) is 41.6 Å². The van der Waals surface area contributed by atoms with Crippen molar-refractivity contribution in [2.45, 2.75) is 30.7 Å². The lowest BCUT2D eigenvalue weighted by molar-refractivity contribution is 0.0966. The zero-order valence-corrected chi connectivity index (χ0v) is 14.8. The molecule has 2 heterocycles. The van der Waals surface area contributed by atoms with Crippen LogP contribution in [0.2, 0.25) is 0 Å². The molecule has 0 atom stereocenters. The normalized spacial score (nSPS) is 16.1. The summed E-state index contributed by atoms with van der Waals surface area (Å²) < 4.78 is 33.3. The summed E-state index contributed by atoms with van der Waals surface area (Å²) >= 11 is 0. The molecule has 25 heavy (non-hydrogen) atoms. The molecule has 7 nitrogen and oxygen atoms in total. The van der Waals surface area contributed by atoms with E-state index in [2.05, 4.69) is 9.71 Å². The molecule has 1 amide bonds. The Morgan fingerprint density at radius 3 is 2.80 bits per heavy atom. The first-order chi connectivity index (χ1) is 12.0. The summed E-state index contributed by atoms with van der Waals surface area (Å²) in [6, 6.07) is 6.64. The lowest BCUT2D eigenvalue weighted by atomic mass is 10.1. The van der Waals surface area contributed by atoms with E-state index in [1.165, 1.54) is 0 Å². The summed E-state index contributed by atoms with van der Waals surface area (Å²) in [5.74, 6) is 0. The molecule has 2 aromatic rings. The molecule has 1 saturated heterocycles. The molecule has 1 aromatic carbocycles. The molecule has 0 aliphatic carbocycles. The van der Waals surface area contributed by atoms with Crippen LogP contribution < -0.4 is 4.72 Å². The van der Waals surface area contributed by atoms with Crippen LogP contribution in [-0.4, -0.2) is 50.1 Å². The fourth-order valence-electron chi connectivity index (χ4n) is 3.00. The molecule has 1 aromatic heterocycles. The van der Waals surface area contributed by atoms with Crippen LogP contribution in [0.1, 0.15) is 19.8 Å². The van der Waals surface area contributed by atoms with Crippen molar-refractivity contribution in [2.24, 2.45) is 0 Å². The van der Waals surface area contributed by atoms with Crippen molar-refractivity contribution in [2.75, 3.05) is 19.7 Å². The highest BCUT2D eigenvalue weighted by molar-refractivity contribution is 7.89. The maximum atomic E-state index is 12.8. The van der Waals surface area contributed by atoms with E-state index in [9.17, 15) is 13.2 Å². The number of sulfonamides is 1. The number of carbonyl (C=O) groups is 1. The number of hydrogen-bond donors (Lipinski definition) is 1. The highest BCUT2D eigenvalue weighted by Crippen LogP contribution is 2.23. The summed E-state index contributed by atoms with van der Waals surface area (Å²) in [6.07, 6.45) is 4.01. The van der Waals surface area contributed by atoms with Crippen LogP contribution in [0.3, 0.4) is 0 Å². The molecule has 134 valence electrons. The SMILES string of the molecule is CCOC(=O)N1CCC(NS(=O)(=O)c2cccc3cnccc23)CC1. The van der Waals surface area contributed by atoms with Crippen molar-refractivity contribution >= 4 is 26.9 Å². The van der Waals surface area contributed by atoms with Gasteiger partial charge in [0.15, 0.2) is 0 Å². The number of benzene rings is 1. The van der Waals surface area contributed by atoms with E-state index in [-0.39, 0.29) is 17.0 Å². The number of aromatic nitrogens is 1. The molecule has 0 saturated carbocycles. The van der Waals surface area contributed by atoms with Crippen LogP contribution in [0, 0.1) is 0 Å². The third-order valence-electron chi connectivity index (χ3n) is 4.27. The summed E-state index contributed by atoms with van der Waals surface area (Å²) in [5.41, 5.74) is 0. The van der Waals surface area contributed by atoms with Gasteiger partial charge in [0.1, 0.15) is 0 Å². The number of likely N-dealkylation sites (tertiary alicyclic amines) is 1. The minimum Gasteiger partial charge on any atom is -0.450 e. The number of hydrogen-bond acceptors (Lipinski definition) is 5. The van der Waals surface area contributed by atoms with E-state index in [4.69, 9.17) is 4.74 Å². The van der Waals surface area contributed by atoms with Crippen LogP contribution >= 0.6 is 0 Å². The minimum atomic E-state index is -3.65. The van der Waals surface area contributed by atoms with Gasteiger partial charge in [-0.2, -0.15) is 0 Å². The van der Waals surface area contributed by atoms with Crippen molar-refractivity contribution in [3.8, 4) is 0 Å². The van der Waals surface area contributed by atoms with Gasteiger partial charge in [-0.25, -0.2) is 17.9 Å². The molecule has 1 aliphatic heterocycles.